The van der Waals surface area contributed by atoms with Crippen molar-refractivity contribution in [3.05, 3.63) is 33.3 Å². The van der Waals surface area contributed by atoms with Crippen LogP contribution < -0.4 is 5.32 Å². The van der Waals surface area contributed by atoms with Gasteiger partial charge in [-0.25, -0.2) is 0 Å². The zero-order chi connectivity index (χ0) is 14.2. The van der Waals surface area contributed by atoms with Gasteiger partial charge in [-0.3, -0.25) is 4.79 Å². The molecular weight excluding hydrogens is 342 g/mol. The number of benzene rings is 1. The normalized spacial score (nSPS) is 24.2. The molecule has 3 nitrogen and oxygen atoms in total. The highest BCUT2D eigenvalue weighted by molar-refractivity contribution is 9.10. The molecule has 1 saturated heterocycles. The van der Waals surface area contributed by atoms with E-state index in [1.807, 2.05) is 6.07 Å². The third-order valence-corrected chi connectivity index (χ3v) is 5.46. The Bertz CT molecular complexity index is 529. The molecule has 1 spiro atoms. The zero-order valence-electron chi connectivity index (χ0n) is 11.1. The molecule has 1 aromatic rings. The average Bonchev–Trinajstić information content (AvgIpc) is 2.47. The molecule has 0 radical (unpaired) electrons. The zero-order valence-corrected chi connectivity index (χ0v) is 13.5. The molecule has 5 heteroatoms. The summed E-state index contributed by atoms with van der Waals surface area (Å²) in [6.45, 7) is 1.62. The molecule has 1 N–H and O–H groups in total. The third kappa shape index (κ3) is 2.61. The lowest BCUT2D eigenvalue weighted by atomic mass is 9.60. The largest absolute Gasteiger partial charge is 0.381 e. The van der Waals surface area contributed by atoms with Crippen LogP contribution in [0.15, 0.2) is 22.7 Å². The summed E-state index contributed by atoms with van der Waals surface area (Å²) in [6.07, 6.45) is 4.33. The molecule has 1 heterocycles. The molecule has 0 bridgehead atoms. The molecule has 2 aliphatic rings. The van der Waals surface area contributed by atoms with Gasteiger partial charge in [-0.1, -0.05) is 27.5 Å². The van der Waals surface area contributed by atoms with E-state index in [9.17, 15) is 4.79 Å². The minimum Gasteiger partial charge on any atom is -0.381 e. The van der Waals surface area contributed by atoms with Crippen molar-refractivity contribution in [3.63, 3.8) is 0 Å². The van der Waals surface area contributed by atoms with Crippen molar-refractivity contribution in [1.82, 2.24) is 5.32 Å². The highest BCUT2D eigenvalue weighted by Gasteiger charge is 2.48. The van der Waals surface area contributed by atoms with Crippen LogP contribution in [0.5, 0.6) is 0 Å². The maximum atomic E-state index is 12.4. The van der Waals surface area contributed by atoms with E-state index < -0.39 is 0 Å². The summed E-state index contributed by atoms with van der Waals surface area (Å²) >= 11 is 9.49. The van der Waals surface area contributed by atoms with Gasteiger partial charge in [-0.05, 0) is 49.3 Å². The number of halogens is 2. The van der Waals surface area contributed by atoms with Crippen molar-refractivity contribution in [2.24, 2.45) is 5.41 Å². The lowest BCUT2D eigenvalue weighted by molar-refractivity contribution is -0.0523. The van der Waals surface area contributed by atoms with Gasteiger partial charge in [0.05, 0.1) is 10.6 Å². The number of rotatable bonds is 2. The molecule has 1 aliphatic carbocycles. The lowest BCUT2D eigenvalue weighted by Gasteiger charge is -2.52. The van der Waals surface area contributed by atoms with E-state index >= 15 is 0 Å². The number of ether oxygens (including phenoxy) is 1. The number of hydrogen-bond acceptors (Lipinski definition) is 2. The summed E-state index contributed by atoms with van der Waals surface area (Å²) in [5.41, 5.74) is 0.794. The highest BCUT2D eigenvalue weighted by atomic mass is 79.9. The number of amides is 1. The second kappa shape index (κ2) is 5.66. The summed E-state index contributed by atoms with van der Waals surface area (Å²) in [7, 11) is 0. The van der Waals surface area contributed by atoms with Crippen molar-refractivity contribution in [3.8, 4) is 0 Å². The Morgan fingerprint density at radius 3 is 2.75 bits per heavy atom. The Kier molecular flexibility index (Phi) is 4.07. The predicted octanol–water partition coefficient (Wildman–Crippen LogP) is 3.79. The van der Waals surface area contributed by atoms with Crippen LogP contribution in [0.2, 0.25) is 5.02 Å². The van der Waals surface area contributed by atoms with Gasteiger partial charge in [0.25, 0.3) is 5.91 Å². The Balaban J connectivity index is 1.71. The van der Waals surface area contributed by atoms with Gasteiger partial charge < -0.3 is 10.1 Å². The van der Waals surface area contributed by atoms with E-state index in [0.29, 0.717) is 10.6 Å². The predicted molar refractivity (Wildman–Crippen MR) is 82.1 cm³/mol. The Morgan fingerprint density at radius 2 is 2.10 bits per heavy atom. The van der Waals surface area contributed by atoms with E-state index in [1.54, 1.807) is 12.1 Å². The minimum atomic E-state index is -0.0770. The second-order valence-corrected chi connectivity index (χ2v) is 6.99. The molecule has 1 aromatic carbocycles. The van der Waals surface area contributed by atoms with Crippen molar-refractivity contribution in [2.45, 2.75) is 31.7 Å². The number of carbonyl (C=O) groups excluding carboxylic acids is 1. The van der Waals surface area contributed by atoms with Crippen LogP contribution in [0.4, 0.5) is 0 Å². The molecular formula is C15H17BrClNO2. The van der Waals surface area contributed by atoms with Gasteiger partial charge in [0, 0.05) is 23.7 Å². The maximum Gasteiger partial charge on any atom is 0.253 e. The van der Waals surface area contributed by atoms with Crippen molar-refractivity contribution < 1.29 is 9.53 Å². The smallest absolute Gasteiger partial charge is 0.253 e. The SMILES string of the molecule is O=C(NC1CCC12CCOCC2)c1cc(Br)ccc1Cl. The topological polar surface area (TPSA) is 38.3 Å². The monoisotopic (exact) mass is 357 g/mol. The Hall–Kier alpha value is -0.580. The second-order valence-electron chi connectivity index (χ2n) is 5.66. The van der Waals surface area contributed by atoms with E-state index in [1.165, 1.54) is 6.42 Å². The Morgan fingerprint density at radius 1 is 1.35 bits per heavy atom. The fraction of sp³-hybridized carbons (Fsp3) is 0.533. The average molecular weight is 359 g/mol. The van der Waals surface area contributed by atoms with E-state index in [2.05, 4.69) is 21.2 Å². The number of carbonyl (C=O) groups is 1. The van der Waals surface area contributed by atoms with E-state index in [-0.39, 0.29) is 17.4 Å². The molecule has 3 rings (SSSR count). The van der Waals surface area contributed by atoms with Crippen LogP contribution >= 0.6 is 27.5 Å². The minimum absolute atomic E-state index is 0.0770. The summed E-state index contributed by atoms with van der Waals surface area (Å²) in [4.78, 5) is 12.4. The number of hydrogen-bond donors (Lipinski definition) is 1. The molecule has 2 fully saturated rings. The summed E-state index contributed by atoms with van der Waals surface area (Å²) < 4.78 is 6.30. The molecule has 20 heavy (non-hydrogen) atoms. The van der Waals surface area contributed by atoms with Crippen LogP contribution in [-0.2, 0) is 4.74 Å². The number of nitrogens with one attached hydrogen (secondary N) is 1. The first-order chi connectivity index (χ1) is 9.61. The van der Waals surface area contributed by atoms with Gasteiger partial charge >= 0.3 is 0 Å². The van der Waals surface area contributed by atoms with E-state index in [4.69, 9.17) is 16.3 Å². The standard InChI is InChI=1S/C15H17BrClNO2/c16-10-1-2-12(17)11(9-10)14(19)18-13-3-4-15(13)5-7-20-8-6-15/h1-2,9,13H,3-8H2,(H,18,19). The fourth-order valence-electron chi connectivity index (χ4n) is 3.21. The van der Waals surface area contributed by atoms with Crippen molar-refractivity contribution >= 4 is 33.4 Å². The maximum absolute atomic E-state index is 12.4. The first kappa shape index (κ1) is 14.4. The van der Waals surface area contributed by atoms with Crippen molar-refractivity contribution in [2.75, 3.05) is 13.2 Å². The summed E-state index contributed by atoms with van der Waals surface area (Å²) in [5.74, 6) is -0.0770. The van der Waals surface area contributed by atoms with Gasteiger partial charge in [-0.2, -0.15) is 0 Å². The fourth-order valence-corrected chi connectivity index (χ4v) is 3.77. The Labute approximate surface area is 132 Å². The van der Waals surface area contributed by atoms with Crippen molar-refractivity contribution in [1.29, 1.82) is 0 Å². The van der Waals surface area contributed by atoms with Gasteiger partial charge in [-0.15, -0.1) is 0 Å². The highest BCUT2D eigenvalue weighted by Crippen LogP contribution is 2.48. The molecule has 0 aromatic heterocycles. The first-order valence-electron chi connectivity index (χ1n) is 6.94. The quantitative estimate of drug-likeness (QED) is 0.873. The lowest BCUT2D eigenvalue weighted by Crippen LogP contribution is -2.57. The molecule has 1 saturated carbocycles. The molecule has 1 amide bonds. The van der Waals surface area contributed by atoms with Crippen LogP contribution in [0.3, 0.4) is 0 Å². The molecule has 108 valence electrons. The van der Waals surface area contributed by atoms with Gasteiger partial charge in [0.15, 0.2) is 0 Å². The third-order valence-electron chi connectivity index (χ3n) is 4.64. The summed E-state index contributed by atoms with van der Waals surface area (Å²) in [6, 6.07) is 5.61. The van der Waals surface area contributed by atoms with Gasteiger partial charge in [0.2, 0.25) is 0 Å². The van der Waals surface area contributed by atoms with Crippen LogP contribution in [0.1, 0.15) is 36.0 Å². The van der Waals surface area contributed by atoms with Gasteiger partial charge in [0.1, 0.15) is 0 Å². The van der Waals surface area contributed by atoms with Crippen LogP contribution in [-0.4, -0.2) is 25.2 Å². The molecule has 1 aliphatic heterocycles. The van der Waals surface area contributed by atoms with E-state index in [0.717, 1.165) is 36.9 Å². The molecule has 1 unspecified atom stereocenters. The van der Waals surface area contributed by atoms with Crippen LogP contribution in [0.25, 0.3) is 0 Å². The van der Waals surface area contributed by atoms with Crippen LogP contribution in [0, 0.1) is 5.41 Å². The summed E-state index contributed by atoms with van der Waals surface area (Å²) in [5, 5.41) is 3.65. The first-order valence-corrected chi connectivity index (χ1v) is 8.11. The molecule has 1 atom stereocenters.